The molecule has 0 aliphatic carbocycles. The summed E-state index contributed by atoms with van der Waals surface area (Å²) in [6.45, 7) is 9.76. The van der Waals surface area contributed by atoms with Gasteiger partial charge in [0, 0.05) is 24.8 Å². The highest BCUT2D eigenvalue weighted by molar-refractivity contribution is 6.03. The van der Waals surface area contributed by atoms with Gasteiger partial charge in [-0.25, -0.2) is 9.97 Å². The van der Waals surface area contributed by atoms with Crippen LogP contribution in [0.3, 0.4) is 0 Å². The SMILES string of the molecule is CCN(CC)c1cc(C(=O)Nc2cc(C)ccc2C)ncn1. The van der Waals surface area contributed by atoms with Crippen molar-refractivity contribution in [2.75, 3.05) is 23.3 Å². The molecule has 5 heteroatoms. The molecule has 1 aromatic carbocycles. The number of amides is 1. The molecule has 0 radical (unpaired) electrons. The zero-order valence-electron chi connectivity index (χ0n) is 13.6. The molecular weight excluding hydrogens is 276 g/mol. The van der Waals surface area contributed by atoms with E-state index in [1.807, 2.05) is 32.0 Å². The smallest absolute Gasteiger partial charge is 0.274 e. The van der Waals surface area contributed by atoms with Crippen molar-refractivity contribution in [2.24, 2.45) is 0 Å². The molecule has 0 aliphatic rings. The predicted molar refractivity (Wildman–Crippen MR) is 89.5 cm³/mol. The van der Waals surface area contributed by atoms with Crippen molar-refractivity contribution in [1.29, 1.82) is 0 Å². The van der Waals surface area contributed by atoms with Crippen LogP contribution in [0, 0.1) is 13.8 Å². The number of carbonyl (C=O) groups is 1. The minimum absolute atomic E-state index is 0.218. The summed E-state index contributed by atoms with van der Waals surface area (Å²) in [6.07, 6.45) is 1.44. The number of nitrogens with zero attached hydrogens (tertiary/aromatic N) is 3. The average molecular weight is 298 g/mol. The maximum absolute atomic E-state index is 12.4. The molecule has 0 unspecified atom stereocenters. The van der Waals surface area contributed by atoms with E-state index < -0.39 is 0 Å². The van der Waals surface area contributed by atoms with Gasteiger partial charge in [0.05, 0.1) is 0 Å². The highest BCUT2D eigenvalue weighted by atomic mass is 16.1. The van der Waals surface area contributed by atoms with Crippen LogP contribution in [0.1, 0.15) is 35.5 Å². The molecule has 0 saturated heterocycles. The third-order valence-electron chi connectivity index (χ3n) is 3.61. The second-order valence-corrected chi connectivity index (χ2v) is 5.21. The Labute approximate surface area is 131 Å². The lowest BCUT2D eigenvalue weighted by Gasteiger charge is -2.19. The lowest BCUT2D eigenvalue weighted by molar-refractivity contribution is 0.102. The number of anilines is 2. The fourth-order valence-corrected chi connectivity index (χ4v) is 2.25. The first-order valence-electron chi connectivity index (χ1n) is 7.50. The summed E-state index contributed by atoms with van der Waals surface area (Å²) in [7, 11) is 0. The Kier molecular flexibility index (Phi) is 5.09. The molecule has 0 atom stereocenters. The van der Waals surface area contributed by atoms with Gasteiger partial charge in [-0.15, -0.1) is 0 Å². The molecule has 1 aromatic heterocycles. The molecule has 0 fully saturated rings. The molecule has 22 heavy (non-hydrogen) atoms. The first-order valence-corrected chi connectivity index (χ1v) is 7.50. The van der Waals surface area contributed by atoms with Crippen molar-refractivity contribution in [3.8, 4) is 0 Å². The van der Waals surface area contributed by atoms with Crippen LogP contribution < -0.4 is 10.2 Å². The maximum atomic E-state index is 12.4. The van der Waals surface area contributed by atoms with Gasteiger partial charge in [0.15, 0.2) is 0 Å². The Bertz CT molecular complexity index is 665. The quantitative estimate of drug-likeness (QED) is 0.921. The van der Waals surface area contributed by atoms with Crippen LogP contribution >= 0.6 is 0 Å². The van der Waals surface area contributed by atoms with Crippen LogP contribution in [0.25, 0.3) is 0 Å². The number of aryl methyl sites for hydroxylation is 2. The van der Waals surface area contributed by atoms with Crippen LogP contribution in [0.4, 0.5) is 11.5 Å². The van der Waals surface area contributed by atoms with Crippen molar-refractivity contribution < 1.29 is 4.79 Å². The normalized spacial score (nSPS) is 10.4. The number of aromatic nitrogens is 2. The lowest BCUT2D eigenvalue weighted by atomic mass is 10.1. The Morgan fingerprint density at radius 2 is 1.86 bits per heavy atom. The van der Waals surface area contributed by atoms with Crippen LogP contribution in [-0.2, 0) is 0 Å². The molecule has 0 spiro atoms. The van der Waals surface area contributed by atoms with Crippen molar-refractivity contribution in [1.82, 2.24) is 9.97 Å². The Morgan fingerprint density at radius 3 is 2.55 bits per heavy atom. The van der Waals surface area contributed by atoms with E-state index in [1.54, 1.807) is 6.07 Å². The van der Waals surface area contributed by atoms with Crippen LogP contribution in [0.5, 0.6) is 0 Å². The fourth-order valence-electron chi connectivity index (χ4n) is 2.25. The van der Waals surface area contributed by atoms with Gasteiger partial charge in [-0.3, -0.25) is 4.79 Å². The Hall–Kier alpha value is -2.43. The lowest BCUT2D eigenvalue weighted by Crippen LogP contribution is -2.24. The summed E-state index contributed by atoms with van der Waals surface area (Å²) in [4.78, 5) is 22.8. The highest BCUT2D eigenvalue weighted by Crippen LogP contribution is 2.18. The van der Waals surface area contributed by atoms with Gasteiger partial charge in [0.1, 0.15) is 17.8 Å². The monoisotopic (exact) mass is 298 g/mol. The zero-order chi connectivity index (χ0) is 16.1. The number of rotatable bonds is 5. The molecule has 0 bridgehead atoms. The number of hydrogen-bond acceptors (Lipinski definition) is 4. The second-order valence-electron chi connectivity index (χ2n) is 5.21. The molecule has 0 saturated carbocycles. The third-order valence-corrected chi connectivity index (χ3v) is 3.61. The number of hydrogen-bond donors (Lipinski definition) is 1. The average Bonchev–Trinajstić information content (AvgIpc) is 2.52. The minimum Gasteiger partial charge on any atom is -0.357 e. The van der Waals surface area contributed by atoms with Gasteiger partial charge in [0.2, 0.25) is 0 Å². The van der Waals surface area contributed by atoms with E-state index in [-0.39, 0.29) is 5.91 Å². The summed E-state index contributed by atoms with van der Waals surface area (Å²) in [5.74, 6) is 0.552. The van der Waals surface area contributed by atoms with E-state index in [9.17, 15) is 4.79 Å². The molecule has 116 valence electrons. The van der Waals surface area contributed by atoms with Crippen LogP contribution in [0.2, 0.25) is 0 Å². The summed E-state index contributed by atoms with van der Waals surface area (Å²) < 4.78 is 0. The third kappa shape index (κ3) is 3.61. The van der Waals surface area contributed by atoms with Gasteiger partial charge >= 0.3 is 0 Å². The van der Waals surface area contributed by atoms with Crippen molar-refractivity contribution >= 4 is 17.4 Å². The fraction of sp³-hybridized carbons (Fsp3) is 0.353. The first-order chi connectivity index (χ1) is 10.5. The van der Waals surface area contributed by atoms with E-state index in [0.29, 0.717) is 5.69 Å². The number of carbonyl (C=O) groups excluding carboxylic acids is 1. The van der Waals surface area contributed by atoms with Gasteiger partial charge in [-0.1, -0.05) is 12.1 Å². The van der Waals surface area contributed by atoms with E-state index in [2.05, 4.69) is 34.0 Å². The zero-order valence-corrected chi connectivity index (χ0v) is 13.6. The molecule has 0 aliphatic heterocycles. The summed E-state index contributed by atoms with van der Waals surface area (Å²) in [5.41, 5.74) is 3.31. The summed E-state index contributed by atoms with van der Waals surface area (Å²) >= 11 is 0. The molecule has 1 heterocycles. The van der Waals surface area contributed by atoms with E-state index in [0.717, 1.165) is 35.7 Å². The largest absolute Gasteiger partial charge is 0.357 e. The molecular formula is C17H22N4O. The first kappa shape index (κ1) is 15.9. The number of nitrogens with one attached hydrogen (secondary N) is 1. The van der Waals surface area contributed by atoms with Crippen molar-refractivity contribution in [3.63, 3.8) is 0 Å². The van der Waals surface area contributed by atoms with Crippen LogP contribution in [0.15, 0.2) is 30.6 Å². The predicted octanol–water partition coefficient (Wildman–Crippen LogP) is 3.19. The summed E-state index contributed by atoms with van der Waals surface area (Å²) in [6, 6.07) is 7.70. The molecule has 1 amide bonds. The van der Waals surface area contributed by atoms with E-state index >= 15 is 0 Å². The molecule has 5 nitrogen and oxygen atoms in total. The van der Waals surface area contributed by atoms with Gasteiger partial charge < -0.3 is 10.2 Å². The molecule has 2 rings (SSSR count). The molecule has 2 aromatic rings. The second kappa shape index (κ2) is 7.02. The van der Waals surface area contributed by atoms with Gasteiger partial charge in [-0.2, -0.15) is 0 Å². The van der Waals surface area contributed by atoms with Crippen LogP contribution in [-0.4, -0.2) is 29.0 Å². The maximum Gasteiger partial charge on any atom is 0.274 e. The number of benzene rings is 1. The molecule has 1 N–H and O–H groups in total. The highest BCUT2D eigenvalue weighted by Gasteiger charge is 2.12. The van der Waals surface area contributed by atoms with Crippen molar-refractivity contribution in [3.05, 3.63) is 47.4 Å². The minimum atomic E-state index is -0.218. The van der Waals surface area contributed by atoms with Gasteiger partial charge in [-0.05, 0) is 44.9 Å². The van der Waals surface area contributed by atoms with Gasteiger partial charge in [0.25, 0.3) is 5.91 Å². The Morgan fingerprint density at radius 1 is 1.14 bits per heavy atom. The van der Waals surface area contributed by atoms with Crippen molar-refractivity contribution in [2.45, 2.75) is 27.7 Å². The standard InChI is InChI=1S/C17H22N4O/c1-5-21(6-2)16-10-15(18-11-19-16)17(22)20-14-9-12(3)7-8-13(14)4/h7-11H,5-6H2,1-4H3,(H,20,22). The Balaban J connectivity index is 2.23. The summed E-state index contributed by atoms with van der Waals surface area (Å²) in [5, 5.41) is 2.92. The topological polar surface area (TPSA) is 58.1 Å². The van der Waals surface area contributed by atoms with E-state index in [4.69, 9.17) is 0 Å². The van der Waals surface area contributed by atoms with E-state index in [1.165, 1.54) is 6.33 Å².